The van der Waals surface area contributed by atoms with Gasteiger partial charge in [0.1, 0.15) is 17.0 Å². The number of ether oxygens (including phenoxy) is 1. The third-order valence-corrected chi connectivity index (χ3v) is 4.51. The van der Waals surface area contributed by atoms with Crippen LogP contribution < -0.4 is 10.3 Å². The van der Waals surface area contributed by atoms with Gasteiger partial charge >= 0.3 is 0 Å². The molecule has 1 spiro atoms. The smallest absolute Gasteiger partial charge is 0.255 e. The van der Waals surface area contributed by atoms with Crippen LogP contribution in [0.5, 0.6) is 5.75 Å². The van der Waals surface area contributed by atoms with E-state index in [9.17, 15) is 4.79 Å². The van der Waals surface area contributed by atoms with Crippen LogP contribution in [0.15, 0.2) is 53.6 Å². The van der Waals surface area contributed by atoms with Gasteiger partial charge in [-0.15, -0.1) is 0 Å². The van der Waals surface area contributed by atoms with Gasteiger partial charge in [0.2, 0.25) is 0 Å². The summed E-state index contributed by atoms with van der Waals surface area (Å²) in [6.45, 7) is 0. The average molecular weight is 294 g/mol. The lowest BCUT2D eigenvalue weighted by atomic mass is 9.82. The van der Waals surface area contributed by atoms with Gasteiger partial charge in [-0.2, -0.15) is 0 Å². The maximum absolute atomic E-state index is 12.3. The second-order valence-corrected chi connectivity index (χ2v) is 6.02. The molecule has 1 aliphatic heterocycles. The molecule has 2 aromatic rings. The van der Waals surface area contributed by atoms with Crippen LogP contribution in [0.25, 0.3) is 5.70 Å². The molecule has 0 radical (unpaired) electrons. The van der Waals surface area contributed by atoms with E-state index in [4.69, 9.17) is 4.74 Å². The van der Waals surface area contributed by atoms with Gasteiger partial charge in [-0.3, -0.25) is 14.3 Å². The van der Waals surface area contributed by atoms with Crippen LogP contribution in [0.3, 0.4) is 0 Å². The fraction of sp³-hybridized carbons (Fsp3) is 0.333. The first-order chi connectivity index (χ1) is 10.8. The van der Waals surface area contributed by atoms with E-state index < -0.39 is 0 Å². The minimum Gasteiger partial charge on any atom is -0.481 e. The lowest BCUT2D eigenvalue weighted by Gasteiger charge is -2.39. The lowest BCUT2D eigenvalue weighted by Crippen LogP contribution is -2.40. The van der Waals surface area contributed by atoms with Crippen molar-refractivity contribution in [1.82, 2.24) is 9.55 Å². The molecular formula is C18H18N2O2. The Labute approximate surface area is 129 Å². The molecule has 0 atom stereocenters. The van der Waals surface area contributed by atoms with Gasteiger partial charge in [-0.1, -0.05) is 12.5 Å². The van der Waals surface area contributed by atoms with Gasteiger partial charge in [0.25, 0.3) is 5.56 Å². The third kappa shape index (κ3) is 2.15. The summed E-state index contributed by atoms with van der Waals surface area (Å²) in [5.41, 5.74) is 1.25. The number of pyridine rings is 2. The summed E-state index contributed by atoms with van der Waals surface area (Å²) in [6, 6.07) is 9.03. The highest BCUT2D eigenvalue weighted by Crippen LogP contribution is 2.41. The molecule has 2 aromatic heterocycles. The molecule has 4 rings (SSSR count). The Bertz CT molecular complexity index is 785. The van der Waals surface area contributed by atoms with E-state index in [1.165, 1.54) is 6.42 Å². The third-order valence-electron chi connectivity index (χ3n) is 4.51. The summed E-state index contributed by atoms with van der Waals surface area (Å²) < 4.78 is 7.97. The van der Waals surface area contributed by atoms with Crippen molar-refractivity contribution in [2.75, 3.05) is 0 Å². The fourth-order valence-electron chi connectivity index (χ4n) is 3.44. The predicted molar refractivity (Wildman–Crippen MR) is 84.8 cm³/mol. The maximum atomic E-state index is 12.3. The van der Waals surface area contributed by atoms with Gasteiger partial charge in [0.15, 0.2) is 0 Å². The van der Waals surface area contributed by atoms with E-state index in [-0.39, 0.29) is 11.2 Å². The lowest BCUT2D eigenvalue weighted by molar-refractivity contribution is 0.0734. The molecular weight excluding hydrogens is 276 g/mol. The molecule has 22 heavy (non-hydrogen) atoms. The van der Waals surface area contributed by atoms with Crippen molar-refractivity contribution in [2.45, 2.75) is 37.7 Å². The monoisotopic (exact) mass is 294 g/mol. The molecule has 4 heteroatoms. The van der Waals surface area contributed by atoms with Crippen LogP contribution in [0.2, 0.25) is 0 Å². The van der Waals surface area contributed by atoms with E-state index in [0.29, 0.717) is 0 Å². The van der Waals surface area contributed by atoms with Crippen molar-refractivity contribution in [3.05, 3.63) is 64.8 Å². The molecule has 112 valence electrons. The largest absolute Gasteiger partial charge is 0.481 e. The van der Waals surface area contributed by atoms with Crippen LogP contribution in [0.1, 0.15) is 37.8 Å². The topological polar surface area (TPSA) is 44.1 Å². The summed E-state index contributed by atoms with van der Waals surface area (Å²) in [7, 11) is 0. The molecule has 3 heterocycles. The highest BCUT2D eigenvalue weighted by atomic mass is 16.5. The van der Waals surface area contributed by atoms with E-state index in [0.717, 1.165) is 42.8 Å². The minimum absolute atomic E-state index is 0.0433. The van der Waals surface area contributed by atoms with Crippen molar-refractivity contribution in [3.63, 3.8) is 0 Å². The van der Waals surface area contributed by atoms with Crippen LogP contribution in [0, 0.1) is 0 Å². The van der Waals surface area contributed by atoms with Crippen LogP contribution >= 0.6 is 0 Å². The zero-order valence-corrected chi connectivity index (χ0v) is 12.4. The Morgan fingerprint density at radius 1 is 1.09 bits per heavy atom. The zero-order chi connectivity index (χ0) is 15.0. The molecule has 2 aliphatic rings. The van der Waals surface area contributed by atoms with E-state index in [2.05, 4.69) is 11.1 Å². The number of fused-ring (bicyclic) bond motifs is 1. The highest BCUT2D eigenvalue weighted by molar-refractivity contribution is 5.70. The number of aromatic nitrogens is 2. The molecule has 4 nitrogen and oxygen atoms in total. The average Bonchev–Trinajstić information content (AvgIpc) is 2.55. The first-order valence-electron chi connectivity index (χ1n) is 7.83. The van der Waals surface area contributed by atoms with Gasteiger partial charge in [0.05, 0.1) is 5.70 Å². The molecule has 0 saturated heterocycles. The second kappa shape index (κ2) is 5.13. The van der Waals surface area contributed by atoms with Crippen molar-refractivity contribution >= 4 is 5.70 Å². The molecule has 0 bridgehead atoms. The Kier molecular flexibility index (Phi) is 3.10. The van der Waals surface area contributed by atoms with Crippen molar-refractivity contribution in [2.24, 2.45) is 0 Å². The number of nitrogens with zero attached hydrogens (tertiary/aromatic N) is 2. The number of hydrogen-bond acceptors (Lipinski definition) is 3. The molecule has 0 amide bonds. The van der Waals surface area contributed by atoms with Gasteiger partial charge < -0.3 is 4.74 Å². The normalized spacial score (nSPS) is 19.2. The Hall–Kier alpha value is -2.36. The second-order valence-electron chi connectivity index (χ2n) is 6.02. The molecule has 0 N–H and O–H groups in total. The molecule has 0 unspecified atom stereocenters. The summed E-state index contributed by atoms with van der Waals surface area (Å²) >= 11 is 0. The van der Waals surface area contributed by atoms with Crippen molar-refractivity contribution in [1.29, 1.82) is 0 Å². The van der Waals surface area contributed by atoms with Crippen LogP contribution in [-0.4, -0.2) is 15.2 Å². The Morgan fingerprint density at radius 2 is 1.95 bits per heavy atom. The maximum Gasteiger partial charge on any atom is 0.255 e. The van der Waals surface area contributed by atoms with E-state index >= 15 is 0 Å². The Balaban J connectivity index is 1.92. The number of rotatable bonds is 1. The van der Waals surface area contributed by atoms with E-state index in [1.807, 2.05) is 18.2 Å². The zero-order valence-electron chi connectivity index (χ0n) is 12.4. The first kappa shape index (κ1) is 13.3. The molecule has 1 aliphatic carbocycles. The molecule has 0 aromatic carbocycles. The first-order valence-corrected chi connectivity index (χ1v) is 7.83. The summed E-state index contributed by atoms with van der Waals surface area (Å²) in [4.78, 5) is 16.7. The summed E-state index contributed by atoms with van der Waals surface area (Å²) in [5, 5.41) is 0. The van der Waals surface area contributed by atoms with E-state index in [1.54, 1.807) is 29.1 Å². The van der Waals surface area contributed by atoms with Gasteiger partial charge in [-0.05, 0) is 50.0 Å². The number of hydrogen-bond donors (Lipinski definition) is 0. The summed E-state index contributed by atoms with van der Waals surface area (Å²) in [5.74, 6) is 0.776. The molecule has 1 fully saturated rings. The Morgan fingerprint density at radius 3 is 2.77 bits per heavy atom. The SMILES string of the molecule is O=c1ccccn1C1=CC2(CCCCC2)Oc2cccnc21. The van der Waals surface area contributed by atoms with Gasteiger partial charge in [-0.25, -0.2) is 0 Å². The van der Waals surface area contributed by atoms with Crippen LogP contribution in [-0.2, 0) is 0 Å². The minimum atomic E-state index is -0.293. The fourth-order valence-corrected chi connectivity index (χ4v) is 3.44. The standard InChI is InChI=1S/C18H18N2O2/c21-16-8-2-5-12-20(16)14-13-18(9-3-1-4-10-18)22-15-7-6-11-19-17(14)15/h2,5-8,11-13H,1,3-4,9-10H2. The molecule has 1 saturated carbocycles. The van der Waals surface area contributed by atoms with Crippen molar-refractivity contribution < 1.29 is 4.74 Å². The summed E-state index contributed by atoms with van der Waals surface area (Å²) in [6.07, 6.45) is 11.2. The van der Waals surface area contributed by atoms with Gasteiger partial charge in [0, 0.05) is 18.5 Å². The van der Waals surface area contributed by atoms with Crippen LogP contribution in [0.4, 0.5) is 0 Å². The predicted octanol–water partition coefficient (Wildman–Crippen LogP) is 3.23. The van der Waals surface area contributed by atoms with Crippen molar-refractivity contribution in [3.8, 4) is 5.75 Å². The highest BCUT2D eigenvalue weighted by Gasteiger charge is 2.37. The quantitative estimate of drug-likeness (QED) is 0.811.